The molecule has 0 saturated heterocycles. The fourth-order valence-electron chi connectivity index (χ4n) is 1.42. The molecular formula is C13H28F3NO. The number of rotatable bonds is 8. The van der Waals surface area contributed by atoms with Gasteiger partial charge in [0.15, 0.2) is 0 Å². The van der Waals surface area contributed by atoms with Crippen molar-refractivity contribution in [2.75, 3.05) is 26.7 Å². The molecule has 2 nitrogen and oxygen atoms in total. The maximum atomic E-state index is 11.3. The van der Waals surface area contributed by atoms with Crippen molar-refractivity contribution >= 4 is 0 Å². The van der Waals surface area contributed by atoms with Gasteiger partial charge in [0, 0.05) is 0 Å². The van der Waals surface area contributed by atoms with Crippen LogP contribution in [0.4, 0.5) is 13.2 Å². The number of hydrogen-bond donors (Lipinski definition) is 0. The molecule has 0 spiro atoms. The number of ether oxygens (including phenoxy) is 1. The molecule has 0 bridgehead atoms. The third kappa shape index (κ3) is 21.0. The molecule has 0 saturated carbocycles. The molecule has 0 aliphatic rings. The average molecular weight is 271 g/mol. The highest BCUT2D eigenvalue weighted by Gasteiger charge is 2.28. The fourth-order valence-corrected chi connectivity index (χ4v) is 1.42. The minimum absolute atomic E-state index is 0.211. The molecule has 0 unspecified atom stereocenters. The van der Waals surface area contributed by atoms with E-state index in [-0.39, 0.29) is 6.61 Å². The highest BCUT2D eigenvalue weighted by molar-refractivity contribution is 4.45. The van der Waals surface area contributed by atoms with Crippen LogP contribution in [-0.2, 0) is 4.74 Å². The van der Waals surface area contributed by atoms with E-state index in [2.05, 4.69) is 30.5 Å². The van der Waals surface area contributed by atoms with E-state index in [9.17, 15) is 13.2 Å². The van der Waals surface area contributed by atoms with Crippen LogP contribution in [0.15, 0.2) is 0 Å². The molecule has 0 amide bonds. The quantitative estimate of drug-likeness (QED) is 0.605. The van der Waals surface area contributed by atoms with Gasteiger partial charge in [-0.25, -0.2) is 0 Å². The summed E-state index contributed by atoms with van der Waals surface area (Å²) in [5.74, 6) is 0. The van der Waals surface area contributed by atoms with Crippen LogP contribution in [0.2, 0.25) is 0 Å². The van der Waals surface area contributed by atoms with Crippen molar-refractivity contribution in [1.29, 1.82) is 0 Å². The zero-order chi connectivity index (χ0) is 14.4. The Morgan fingerprint density at radius 3 is 1.72 bits per heavy atom. The Kier molecular flexibility index (Phi) is 14.6. The van der Waals surface area contributed by atoms with Crippen molar-refractivity contribution < 1.29 is 17.9 Å². The first-order valence-electron chi connectivity index (χ1n) is 6.76. The lowest BCUT2D eigenvalue weighted by Gasteiger charge is -2.12. The predicted molar refractivity (Wildman–Crippen MR) is 69.6 cm³/mol. The van der Waals surface area contributed by atoms with Crippen molar-refractivity contribution in [3.8, 4) is 0 Å². The van der Waals surface area contributed by atoms with Crippen LogP contribution >= 0.6 is 0 Å². The molecular weight excluding hydrogens is 243 g/mol. The molecule has 0 aromatic rings. The van der Waals surface area contributed by atoms with Gasteiger partial charge in [-0.3, -0.25) is 4.74 Å². The van der Waals surface area contributed by atoms with Crippen LogP contribution in [0, 0.1) is 0 Å². The van der Waals surface area contributed by atoms with Gasteiger partial charge in [0.2, 0.25) is 0 Å². The molecule has 0 fully saturated rings. The zero-order valence-electron chi connectivity index (χ0n) is 12.1. The van der Waals surface area contributed by atoms with E-state index >= 15 is 0 Å². The van der Waals surface area contributed by atoms with E-state index in [1.807, 2.05) is 6.92 Å². The monoisotopic (exact) mass is 271 g/mol. The summed E-state index contributed by atoms with van der Waals surface area (Å²) in [6.45, 7) is 8.63. The number of alkyl halides is 3. The normalized spacial score (nSPS) is 11.3. The molecule has 0 N–H and O–H groups in total. The van der Waals surface area contributed by atoms with Crippen LogP contribution in [0.3, 0.4) is 0 Å². The molecule has 18 heavy (non-hydrogen) atoms. The second-order valence-electron chi connectivity index (χ2n) is 4.30. The Morgan fingerprint density at radius 1 is 0.889 bits per heavy atom. The minimum Gasteiger partial charge on any atom is -0.306 e. The molecule has 0 aliphatic heterocycles. The summed E-state index contributed by atoms with van der Waals surface area (Å²) in [4.78, 5) is 2.36. The lowest BCUT2D eigenvalue weighted by molar-refractivity contribution is -0.324. The summed E-state index contributed by atoms with van der Waals surface area (Å²) in [5.41, 5.74) is 0. The van der Waals surface area contributed by atoms with Crippen LogP contribution in [0.1, 0.15) is 52.9 Å². The first kappa shape index (κ1) is 20.0. The number of hydrogen-bond acceptors (Lipinski definition) is 2. The molecule has 0 aromatic carbocycles. The van der Waals surface area contributed by atoms with Gasteiger partial charge in [0.05, 0.1) is 6.61 Å². The molecule has 0 radical (unpaired) electrons. The first-order valence-corrected chi connectivity index (χ1v) is 6.76. The Bertz CT molecular complexity index is 157. The van der Waals surface area contributed by atoms with Gasteiger partial charge >= 0.3 is 6.36 Å². The number of halogens is 3. The lowest BCUT2D eigenvalue weighted by Crippen LogP contribution is -2.19. The van der Waals surface area contributed by atoms with E-state index in [0.717, 1.165) is 12.8 Å². The maximum absolute atomic E-state index is 11.3. The van der Waals surface area contributed by atoms with Gasteiger partial charge in [-0.15, -0.1) is 13.2 Å². The Morgan fingerprint density at radius 2 is 1.39 bits per heavy atom. The molecule has 0 rings (SSSR count). The standard InChI is InChI=1S/C7H17N.C6H11F3O/c1-4-6-8(3)7-5-2;1-2-3-4-5-10-6(7,8)9/h4-7H2,1-3H3;2-5H2,1H3. The van der Waals surface area contributed by atoms with Crippen molar-refractivity contribution in [2.45, 2.75) is 59.2 Å². The molecule has 0 heterocycles. The van der Waals surface area contributed by atoms with E-state index in [0.29, 0.717) is 6.42 Å². The van der Waals surface area contributed by atoms with Crippen LogP contribution in [0.5, 0.6) is 0 Å². The highest BCUT2D eigenvalue weighted by Crippen LogP contribution is 2.16. The topological polar surface area (TPSA) is 12.5 Å². The average Bonchev–Trinajstić information content (AvgIpc) is 2.25. The largest absolute Gasteiger partial charge is 0.522 e. The molecule has 0 aromatic heterocycles. The van der Waals surface area contributed by atoms with Crippen molar-refractivity contribution in [3.63, 3.8) is 0 Å². The molecule has 112 valence electrons. The third-order valence-corrected chi connectivity index (χ3v) is 2.22. The van der Waals surface area contributed by atoms with Crippen LogP contribution in [0.25, 0.3) is 0 Å². The van der Waals surface area contributed by atoms with Gasteiger partial charge in [0.25, 0.3) is 0 Å². The van der Waals surface area contributed by atoms with Gasteiger partial charge in [-0.1, -0.05) is 33.6 Å². The smallest absolute Gasteiger partial charge is 0.306 e. The summed E-state index contributed by atoms with van der Waals surface area (Å²) in [5, 5.41) is 0. The number of nitrogens with zero attached hydrogens (tertiary/aromatic N) is 1. The molecule has 0 atom stereocenters. The van der Waals surface area contributed by atoms with E-state index in [1.54, 1.807) is 0 Å². The predicted octanol–water partition coefficient (Wildman–Crippen LogP) is 4.45. The van der Waals surface area contributed by atoms with Gasteiger partial charge < -0.3 is 4.90 Å². The van der Waals surface area contributed by atoms with Crippen LogP contribution < -0.4 is 0 Å². The molecule has 0 aliphatic carbocycles. The van der Waals surface area contributed by atoms with Gasteiger partial charge in [-0.2, -0.15) is 0 Å². The SMILES string of the molecule is CCCCCOC(F)(F)F.CCCN(C)CCC. The number of unbranched alkanes of at least 4 members (excludes halogenated alkanes) is 2. The first-order chi connectivity index (χ1) is 8.37. The molecule has 5 heteroatoms. The van der Waals surface area contributed by atoms with E-state index in [1.165, 1.54) is 25.9 Å². The van der Waals surface area contributed by atoms with Gasteiger partial charge in [0.1, 0.15) is 0 Å². The third-order valence-electron chi connectivity index (χ3n) is 2.22. The fraction of sp³-hybridized carbons (Fsp3) is 1.00. The van der Waals surface area contributed by atoms with Crippen molar-refractivity contribution in [2.24, 2.45) is 0 Å². The zero-order valence-corrected chi connectivity index (χ0v) is 12.1. The van der Waals surface area contributed by atoms with E-state index < -0.39 is 6.36 Å². The second-order valence-corrected chi connectivity index (χ2v) is 4.30. The minimum atomic E-state index is -4.45. The Hall–Kier alpha value is -0.290. The highest BCUT2D eigenvalue weighted by atomic mass is 19.4. The summed E-state index contributed by atoms with van der Waals surface area (Å²) >= 11 is 0. The van der Waals surface area contributed by atoms with Crippen molar-refractivity contribution in [1.82, 2.24) is 4.90 Å². The van der Waals surface area contributed by atoms with E-state index in [4.69, 9.17) is 0 Å². The lowest BCUT2D eigenvalue weighted by atomic mass is 10.3. The summed E-state index contributed by atoms with van der Waals surface area (Å²) in [6, 6.07) is 0. The van der Waals surface area contributed by atoms with Gasteiger partial charge in [-0.05, 0) is 39.4 Å². The maximum Gasteiger partial charge on any atom is 0.522 e. The summed E-state index contributed by atoms with van der Waals surface area (Å²) < 4.78 is 37.3. The summed E-state index contributed by atoms with van der Waals surface area (Å²) in [6.07, 6.45) is 0.272. The van der Waals surface area contributed by atoms with Crippen LogP contribution in [-0.4, -0.2) is 38.0 Å². The van der Waals surface area contributed by atoms with Crippen molar-refractivity contribution in [3.05, 3.63) is 0 Å². The summed E-state index contributed by atoms with van der Waals surface area (Å²) in [7, 11) is 2.17. The Balaban J connectivity index is 0. The Labute approximate surface area is 109 Å². The second kappa shape index (κ2) is 13.1.